The van der Waals surface area contributed by atoms with Gasteiger partial charge in [-0.1, -0.05) is 28.4 Å². The number of hydrogen-bond donors (Lipinski definition) is 3. The van der Waals surface area contributed by atoms with Gasteiger partial charge in [0.15, 0.2) is 0 Å². The Labute approximate surface area is 153 Å². The average molecular weight is 405 g/mol. The summed E-state index contributed by atoms with van der Waals surface area (Å²) in [5.41, 5.74) is 1.17. The molecule has 1 saturated carbocycles. The molecular formula is C17H27BrClN3O. The van der Waals surface area contributed by atoms with Crippen LogP contribution >= 0.6 is 28.3 Å². The molecule has 1 aromatic carbocycles. The summed E-state index contributed by atoms with van der Waals surface area (Å²) in [6.07, 6.45) is 3.94. The fourth-order valence-corrected chi connectivity index (χ4v) is 4.05. The van der Waals surface area contributed by atoms with E-state index in [1.807, 2.05) is 6.07 Å². The van der Waals surface area contributed by atoms with Gasteiger partial charge in [0.05, 0.1) is 13.2 Å². The lowest BCUT2D eigenvalue weighted by molar-refractivity contribution is 0.0526. The molecule has 3 N–H and O–H groups in total. The molecule has 1 aromatic rings. The molecule has 6 heteroatoms. The van der Waals surface area contributed by atoms with Gasteiger partial charge < -0.3 is 20.7 Å². The molecule has 0 radical (unpaired) electrons. The van der Waals surface area contributed by atoms with Crippen molar-refractivity contribution in [3.05, 3.63) is 28.7 Å². The Morgan fingerprint density at radius 3 is 2.96 bits per heavy atom. The maximum atomic E-state index is 5.63. The number of nitrogens with one attached hydrogen (secondary N) is 3. The van der Waals surface area contributed by atoms with E-state index in [-0.39, 0.29) is 12.4 Å². The van der Waals surface area contributed by atoms with Crippen LogP contribution in [0.1, 0.15) is 19.3 Å². The van der Waals surface area contributed by atoms with Gasteiger partial charge in [-0.05, 0) is 37.0 Å². The number of anilines is 1. The van der Waals surface area contributed by atoms with Crippen molar-refractivity contribution in [3.63, 3.8) is 0 Å². The molecule has 0 aromatic heterocycles. The van der Waals surface area contributed by atoms with E-state index in [2.05, 4.69) is 50.1 Å². The van der Waals surface area contributed by atoms with E-state index < -0.39 is 0 Å². The Morgan fingerprint density at radius 1 is 1.26 bits per heavy atom. The molecule has 1 saturated heterocycles. The number of morpholine rings is 1. The zero-order chi connectivity index (χ0) is 15.2. The minimum Gasteiger partial charge on any atom is -0.384 e. The van der Waals surface area contributed by atoms with Crippen molar-refractivity contribution >= 4 is 34.0 Å². The molecule has 1 aliphatic carbocycles. The Morgan fingerprint density at radius 2 is 2.17 bits per heavy atom. The van der Waals surface area contributed by atoms with Crippen molar-refractivity contribution in [1.29, 1.82) is 0 Å². The highest BCUT2D eigenvalue weighted by atomic mass is 79.9. The van der Waals surface area contributed by atoms with Crippen molar-refractivity contribution in [1.82, 2.24) is 10.6 Å². The summed E-state index contributed by atoms with van der Waals surface area (Å²) in [5, 5.41) is 10.8. The van der Waals surface area contributed by atoms with Crippen LogP contribution in [0.3, 0.4) is 0 Å². The second kappa shape index (κ2) is 9.84. The zero-order valence-electron chi connectivity index (χ0n) is 13.4. The summed E-state index contributed by atoms with van der Waals surface area (Å²) >= 11 is 3.50. The van der Waals surface area contributed by atoms with Crippen molar-refractivity contribution in [3.8, 4) is 0 Å². The smallest absolute Gasteiger partial charge is 0.0623 e. The maximum Gasteiger partial charge on any atom is 0.0623 e. The van der Waals surface area contributed by atoms with Crippen molar-refractivity contribution in [2.45, 2.75) is 31.3 Å². The third kappa shape index (κ3) is 5.61. The Kier molecular flexibility index (Phi) is 8.13. The molecule has 0 spiro atoms. The van der Waals surface area contributed by atoms with Crippen LogP contribution in [0.5, 0.6) is 0 Å². The summed E-state index contributed by atoms with van der Waals surface area (Å²) in [4.78, 5) is 0. The fourth-order valence-electron chi connectivity index (χ4n) is 3.65. The highest BCUT2D eigenvalue weighted by Gasteiger charge is 2.34. The van der Waals surface area contributed by atoms with E-state index in [0.29, 0.717) is 18.0 Å². The quantitative estimate of drug-likeness (QED) is 0.638. The summed E-state index contributed by atoms with van der Waals surface area (Å²) in [6, 6.07) is 9.48. The standard InChI is InChI=1S/C17H26BrN3O.ClH/c18-13-3-1-4-14(11-13)19-7-8-20-16-6-2-5-15(16)17-12-22-10-9-21-17;/h1,3-4,11,15-17,19-21H,2,5-10,12H2;1H. The third-order valence-electron chi connectivity index (χ3n) is 4.72. The largest absolute Gasteiger partial charge is 0.384 e. The van der Waals surface area contributed by atoms with Gasteiger partial charge in [-0.3, -0.25) is 0 Å². The molecule has 2 aliphatic rings. The predicted molar refractivity (Wildman–Crippen MR) is 102 cm³/mol. The number of rotatable bonds is 6. The van der Waals surface area contributed by atoms with Crippen molar-refractivity contribution < 1.29 is 4.74 Å². The molecular weight excluding hydrogens is 378 g/mol. The Bertz CT molecular complexity index is 471. The van der Waals surface area contributed by atoms with Gasteiger partial charge in [0.2, 0.25) is 0 Å². The van der Waals surface area contributed by atoms with E-state index in [4.69, 9.17) is 4.74 Å². The molecule has 3 rings (SSSR count). The summed E-state index contributed by atoms with van der Waals surface area (Å²) in [5.74, 6) is 0.714. The number of halogens is 2. The van der Waals surface area contributed by atoms with E-state index in [1.54, 1.807) is 0 Å². The highest BCUT2D eigenvalue weighted by Crippen LogP contribution is 2.29. The molecule has 0 amide bonds. The first-order valence-corrected chi connectivity index (χ1v) is 9.16. The van der Waals surface area contributed by atoms with Crippen LogP contribution in [0.15, 0.2) is 28.7 Å². The molecule has 1 aliphatic heterocycles. The third-order valence-corrected chi connectivity index (χ3v) is 5.22. The van der Waals surface area contributed by atoms with E-state index in [9.17, 15) is 0 Å². The molecule has 0 bridgehead atoms. The second-order valence-corrected chi connectivity index (χ2v) is 7.14. The number of benzene rings is 1. The van der Waals surface area contributed by atoms with Gasteiger partial charge in [0.1, 0.15) is 0 Å². The van der Waals surface area contributed by atoms with Crippen LogP contribution in [0, 0.1) is 5.92 Å². The average Bonchev–Trinajstić information content (AvgIpc) is 3.01. The molecule has 4 nitrogen and oxygen atoms in total. The minimum absolute atomic E-state index is 0. The molecule has 130 valence electrons. The number of hydrogen-bond acceptors (Lipinski definition) is 4. The predicted octanol–water partition coefficient (Wildman–Crippen LogP) is 3.03. The lowest BCUT2D eigenvalue weighted by Crippen LogP contribution is -2.51. The first-order chi connectivity index (χ1) is 10.8. The lowest BCUT2D eigenvalue weighted by atomic mass is 9.94. The van der Waals surface area contributed by atoms with Gasteiger partial charge in [-0.2, -0.15) is 0 Å². The van der Waals surface area contributed by atoms with Crippen molar-refractivity contribution in [2.24, 2.45) is 5.92 Å². The number of ether oxygens (including phenoxy) is 1. The maximum absolute atomic E-state index is 5.63. The van der Waals surface area contributed by atoms with Crippen LogP contribution in [-0.2, 0) is 4.74 Å². The minimum atomic E-state index is 0. The van der Waals surface area contributed by atoms with Gasteiger partial charge in [0, 0.05) is 41.9 Å². The normalized spacial score (nSPS) is 27.4. The van der Waals surface area contributed by atoms with Gasteiger partial charge in [-0.15, -0.1) is 12.4 Å². The summed E-state index contributed by atoms with van der Waals surface area (Å²) in [6.45, 7) is 4.69. The fraction of sp³-hybridized carbons (Fsp3) is 0.647. The zero-order valence-corrected chi connectivity index (χ0v) is 15.8. The van der Waals surface area contributed by atoms with E-state index in [1.165, 1.54) is 24.9 Å². The Balaban J connectivity index is 0.00000192. The highest BCUT2D eigenvalue weighted by molar-refractivity contribution is 9.10. The Hall–Kier alpha value is -0.330. The molecule has 3 atom stereocenters. The summed E-state index contributed by atoms with van der Waals surface area (Å²) in [7, 11) is 0. The lowest BCUT2D eigenvalue weighted by Gasteiger charge is -2.33. The molecule has 23 heavy (non-hydrogen) atoms. The van der Waals surface area contributed by atoms with Crippen LogP contribution in [0.4, 0.5) is 5.69 Å². The monoisotopic (exact) mass is 403 g/mol. The van der Waals surface area contributed by atoms with Gasteiger partial charge in [-0.25, -0.2) is 0 Å². The first kappa shape index (κ1) is 19.0. The second-order valence-electron chi connectivity index (χ2n) is 6.23. The van der Waals surface area contributed by atoms with Crippen molar-refractivity contribution in [2.75, 3.05) is 38.2 Å². The summed E-state index contributed by atoms with van der Waals surface area (Å²) < 4.78 is 6.75. The van der Waals surface area contributed by atoms with Crippen LogP contribution in [0.25, 0.3) is 0 Å². The van der Waals surface area contributed by atoms with E-state index >= 15 is 0 Å². The van der Waals surface area contributed by atoms with Gasteiger partial charge >= 0.3 is 0 Å². The first-order valence-electron chi connectivity index (χ1n) is 8.37. The van der Waals surface area contributed by atoms with Crippen LogP contribution in [-0.4, -0.2) is 44.9 Å². The van der Waals surface area contributed by atoms with Crippen LogP contribution in [0.2, 0.25) is 0 Å². The van der Waals surface area contributed by atoms with Gasteiger partial charge in [0.25, 0.3) is 0 Å². The SMILES string of the molecule is Brc1cccc(NCCNC2CCCC2C2COCCN2)c1.Cl. The molecule has 2 fully saturated rings. The van der Waals surface area contributed by atoms with Crippen LogP contribution < -0.4 is 16.0 Å². The molecule has 3 unspecified atom stereocenters. The molecule has 1 heterocycles. The van der Waals surface area contributed by atoms with E-state index in [0.717, 1.165) is 37.3 Å². The topological polar surface area (TPSA) is 45.3 Å².